The normalized spacial score (nSPS) is 49.2. The predicted octanol–water partition coefficient (Wildman–Crippen LogP) is 3.32. The smallest absolute Gasteiger partial charge is 0.0391 e. The van der Waals surface area contributed by atoms with Crippen molar-refractivity contribution in [3.05, 3.63) is 0 Å². The van der Waals surface area contributed by atoms with Crippen LogP contribution >= 0.6 is 0 Å². The van der Waals surface area contributed by atoms with Crippen LogP contribution in [0.4, 0.5) is 0 Å². The van der Waals surface area contributed by atoms with E-state index in [2.05, 4.69) is 27.7 Å². The van der Waals surface area contributed by atoms with Gasteiger partial charge in [0.1, 0.15) is 0 Å². The average molecular weight is 140 g/mol. The lowest BCUT2D eigenvalue weighted by atomic mass is 9.71. The predicted molar refractivity (Wildman–Crippen MR) is 45.9 cm³/mol. The van der Waals surface area contributed by atoms with Gasteiger partial charge in [0.15, 0.2) is 0 Å². The van der Waals surface area contributed by atoms with Gasteiger partial charge in [-0.3, -0.25) is 0 Å². The van der Waals surface area contributed by atoms with Gasteiger partial charge in [-0.05, 0) is 36.5 Å². The van der Waals surface area contributed by atoms with Crippen LogP contribution in [0.1, 0.15) is 40.5 Å². The van der Waals surface area contributed by atoms with E-state index in [1.54, 1.807) is 0 Å². The van der Waals surface area contributed by atoms with E-state index in [4.69, 9.17) is 0 Å². The summed E-state index contributed by atoms with van der Waals surface area (Å²) in [6.45, 7) is 9.59. The van der Waals surface area contributed by atoms with Crippen LogP contribution in [0, 0.1) is 23.7 Å². The van der Waals surface area contributed by atoms with E-state index in [1.807, 2.05) is 0 Å². The fraction of sp³-hybridized carbons (Fsp3) is 1.00. The zero-order valence-electron chi connectivity index (χ0n) is 7.72. The fourth-order valence-electron chi connectivity index (χ4n) is 2.36. The van der Waals surface area contributed by atoms with Gasteiger partial charge in [0, 0.05) is 0 Å². The molecular weight excluding hydrogens is 120 g/mol. The maximum absolute atomic E-state index is 2.40. The molecule has 60 valence electrons. The highest BCUT2D eigenvalue weighted by Crippen LogP contribution is 2.36. The van der Waals surface area contributed by atoms with Gasteiger partial charge >= 0.3 is 0 Å². The first kappa shape index (κ1) is 8.10. The molecule has 0 bridgehead atoms. The Hall–Kier alpha value is 0. The van der Waals surface area contributed by atoms with Crippen molar-refractivity contribution in [1.82, 2.24) is 0 Å². The average Bonchev–Trinajstić information content (AvgIpc) is 1.82. The van der Waals surface area contributed by atoms with Gasteiger partial charge in [0.2, 0.25) is 0 Å². The van der Waals surface area contributed by atoms with Crippen molar-refractivity contribution in [2.45, 2.75) is 40.5 Å². The molecule has 0 radical (unpaired) electrons. The van der Waals surface area contributed by atoms with E-state index in [-0.39, 0.29) is 0 Å². The van der Waals surface area contributed by atoms with Gasteiger partial charge in [-0.25, -0.2) is 0 Å². The molecule has 0 heteroatoms. The Morgan fingerprint density at radius 2 is 1.20 bits per heavy atom. The summed E-state index contributed by atoms with van der Waals surface area (Å²) in [5.74, 6) is 3.84. The van der Waals surface area contributed by atoms with Crippen LogP contribution in [0.25, 0.3) is 0 Å². The fourth-order valence-corrected chi connectivity index (χ4v) is 2.36. The summed E-state index contributed by atoms with van der Waals surface area (Å²) in [6, 6.07) is 0. The molecule has 1 aliphatic rings. The summed E-state index contributed by atoms with van der Waals surface area (Å²) < 4.78 is 0. The van der Waals surface area contributed by atoms with Crippen molar-refractivity contribution in [3.63, 3.8) is 0 Å². The molecule has 0 amide bonds. The van der Waals surface area contributed by atoms with Gasteiger partial charge in [0.05, 0.1) is 0 Å². The second kappa shape index (κ2) is 2.94. The summed E-state index contributed by atoms with van der Waals surface area (Å²) in [5, 5.41) is 0. The van der Waals surface area contributed by atoms with Crippen LogP contribution < -0.4 is 0 Å². The van der Waals surface area contributed by atoms with Crippen LogP contribution in [0.3, 0.4) is 0 Å². The van der Waals surface area contributed by atoms with Crippen LogP contribution in [0.2, 0.25) is 0 Å². The van der Waals surface area contributed by atoms with E-state index in [1.165, 1.54) is 12.8 Å². The Bertz CT molecular complexity index is 94.6. The third-order valence-corrected chi connectivity index (χ3v) is 3.34. The topological polar surface area (TPSA) is 0 Å². The Kier molecular flexibility index (Phi) is 2.38. The molecular formula is C10H20. The van der Waals surface area contributed by atoms with Crippen molar-refractivity contribution in [3.8, 4) is 0 Å². The number of rotatable bonds is 0. The SMILES string of the molecule is CC1CC(C)C(C)C(C)C1. The van der Waals surface area contributed by atoms with Gasteiger partial charge in [0.25, 0.3) is 0 Å². The van der Waals surface area contributed by atoms with Gasteiger partial charge < -0.3 is 0 Å². The van der Waals surface area contributed by atoms with Crippen molar-refractivity contribution in [1.29, 1.82) is 0 Å². The zero-order valence-corrected chi connectivity index (χ0v) is 7.72. The Labute approximate surface area is 65.0 Å². The summed E-state index contributed by atoms with van der Waals surface area (Å²) in [7, 11) is 0. The first-order valence-electron chi connectivity index (χ1n) is 4.61. The molecule has 2 unspecified atom stereocenters. The highest BCUT2D eigenvalue weighted by atomic mass is 14.3. The maximum atomic E-state index is 2.40. The molecule has 0 spiro atoms. The van der Waals surface area contributed by atoms with Crippen LogP contribution in [0.5, 0.6) is 0 Å². The molecule has 2 atom stereocenters. The molecule has 0 heterocycles. The first-order chi connectivity index (χ1) is 4.61. The number of hydrogen-bond acceptors (Lipinski definition) is 0. The van der Waals surface area contributed by atoms with E-state index in [0.29, 0.717) is 0 Å². The summed E-state index contributed by atoms with van der Waals surface area (Å²) in [5.41, 5.74) is 0. The van der Waals surface area contributed by atoms with Gasteiger partial charge in [-0.2, -0.15) is 0 Å². The van der Waals surface area contributed by atoms with Crippen LogP contribution in [-0.2, 0) is 0 Å². The minimum Gasteiger partial charge on any atom is -0.0625 e. The highest BCUT2D eigenvalue weighted by molar-refractivity contribution is 4.77. The highest BCUT2D eigenvalue weighted by Gasteiger charge is 2.27. The van der Waals surface area contributed by atoms with Crippen molar-refractivity contribution in [2.24, 2.45) is 23.7 Å². The monoisotopic (exact) mass is 140 g/mol. The lowest BCUT2D eigenvalue weighted by molar-refractivity contribution is 0.151. The maximum Gasteiger partial charge on any atom is -0.0391 e. The van der Waals surface area contributed by atoms with Crippen molar-refractivity contribution in [2.75, 3.05) is 0 Å². The molecule has 0 aromatic carbocycles. The Morgan fingerprint density at radius 3 is 1.60 bits per heavy atom. The van der Waals surface area contributed by atoms with E-state index >= 15 is 0 Å². The molecule has 0 aromatic heterocycles. The molecule has 0 N–H and O–H groups in total. The van der Waals surface area contributed by atoms with E-state index < -0.39 is 0 Å². The van der Waals surface area contributed by atoms with Crippen molar-refractivity contribution < 1.29 is 0 Å². The lowest BCUT2D eigenvalue weighted by Crippen LogP contribution is -2.26. The van der Waals surface area contributed by atoms with Crippen LogP contribution in [-0.4, -0.2) is 0 Å². The lowest BCUT2D eigenvalue weighted by Gasteiger charge is -2.35. The third kappa shape index (κ3) is 1.53. The molecule has 0 aliphatic heterocycles. The molecule has 0 aromatic rings. The first-order valence-corrected chi connectivity index (χ1v) is 4.61. The van der Waals surface area contributed by atoms with E-state index in [9.17, 15) is 0 Å². The van der Waals surface area contributed by atoms with Gasteiger partial charge in [-0.15, -0.1) is 0 Å². The largest absolute Gasteiger partial charge is 0.0625 e. The second-order valence-corrected chi connectivity index (χ2v) is 4.39. The third-order valence-electron chi connectivity index (χ3n) is 3.34. The van der Waals surface area contributed by atoms with E-state index in [0.717, 1.165) is 23.7 Å². The molecule has 0 saturated heterocycles. The molecule has 1 aliphatic carbocycles. The summed E-state index contributed by atoms with van der Waals surface area (Å²) >= 11 is 0. The minimum atomic E-state index is 0.955. The zero-order chi connectivity index (χ0) is 7.72. The molecule has 1 saturated carbocycles. The molecule has 1 rings (SSSR count). The van der Waals surface area contributed by atoms with Gasteiger partial charge in [-0.1, -0.05) is 27.7 Å². The minimum absolute atomic E-state index is 0.955. The summed E-state index contributed by atoms with van der Waals surface area (Å²) in [6.07, 6.45) is 2.90. The number of hydrogen-bond donors (Lipinski definition) is 0. The molecule has 1 fully saturated rings. The Morgan fingerprint density at radius 1 is 0.800 bits per heavy atom. The Balaban J connectivity index is 2.49. The van der Waals surface area contributed by atoms with Crippen LogP contribution in [0.15, 0.2) is 0 Å². The van der Waals surface area contributed by atoms with Crippen molar-refractivity contribution >= 4 is 0 Å². The standard InChI is InChI=1S/C10H20/c1-7-5-8(2)10(4)9(3)6-7/h7-10H,5-6H2,1-4H3. The quantitative estimate of drug-likeness (QED) is 0.484. The molecule has 0 nitrogen and oxygen atoms in total. The summed E-state index contributed by atoms with van der Waals surface area (Å²) in [4.78, 5) is 0. The molecule has 10 heavy (non-hydrogen) atoms. The second-order valence-electron chi connectivity index (χ2n) is 4.39.